The van der Waals surface area contributed by atoms with E-state index in [9.17, 15) is 21.6 Å². The minimum Gasteiger partial charge on any atom is -0.497 e. The van der Waals surface area contributed by atoms with Crippen molar-refractivity contribution in [3.63, 3.8) is 0 Å². The monoisotopic (exact) mass is 550 g/mol. The Hall–Kier alpha value is -4.15. The van der Waals surface area contributed by atoms with Crippen LogP contribution in [0.1, 0.15) is 21.5 Å². The number of methoxy groups -OCH3 is 1. The zero-order chi connectivity index (χ0) is 27.5. The fourth-order valence-corrected chi connectivity index (χ4v) is 7.32. The van der Waals surface area contributed by atoms with Gasteiger partial charge in [-0.3, -0.25) is 4.79 Å². The molecule has 0 aliphatic heterocycles. The van der Waals surface area contributed by atoms with Gasteiger partial charge in [0.25, 0.3) is 26.0 Å². The van der Waals surface area contributed by atoms with E-state index < -0.39 is 20.0 Å². The number of hydrogen-bond donors (Lipinski definition) is 1. The van der Waals surface area contributed by atoms with Gasteiger partial charge in [0.05, 0.1) is 22.6 Å². The fraction of sp³-hybridized carbons (Fsp3) is 0.107. The molecular formula is C28H26N2O6S2. The molecular weight excluding hydrogens is 524 g/mol. The van der Waals surface area contributed by atoms with Crippen LogP contribution >= 0.6 is 0 Å². The Morgan fingerprint density at radius 2 is 1.11 bits per heavy atom. The van der Waals surface area contributed by atoms with E-state index in [4.69, 9.17) is 4.74 Å². The van der Waals surface area contributed by atoms with Gasteiger partial charge in [-0.15, -0.1) is 0 Å². The van der Waals surface area contributed by atoms with Gasteiger partial charge >= 0.3 is 0 Å². The number of sulfonamides is 2. The molecule has 0 aliphatic carbocycles. The normalized spacial score (nSPS) is 11.6. The smallest absolute Gasteiger partial charge is 0.277 e. The van der Waals surface area contributed by atoms with E-state index in [0.29, 0.717) is 20.7 Å². The van der Waals surface area contributed by atoms with Gasteiger partial charge in [0.15, 0.2) is 0 Å². The van der Waals surface area contributed by atoms with Crippen LogP contribution in [0.2, 0.25) is 0 Å². The van der Waals surface area contributed by atoms with E-state index in [2.05, 4.69) is 5.32 Å². The molecule has 196 valence electrons. The number of aryl methyl sites for hydroxylation is 2. The van der Waals surface area contributed by atoms with Gasteiger partial charge in [-0.2, -0.15) is 3.71 Å². The van der Waals surface area contributed by atoms with Crippen molar-refractivity contribution >= 4 is 37.3 Å². The Labute approximate surface area is 222 Å². The van der Waals surface area contributed by atoms with Crippen LogP contribution < -0.4 is 13.8 Å². The molecule has 0 heterocycles. The second-order valence-electron chi connectivity index (χ2n) is 8.56. The van der Waals surface area contributed by atoms with Crippen LogP contribution in [-0.4, -0.2) is 29.9 Å². The van der Waals surface area contributed by atoms with Crippen LogP contribution in [0.15, 0.2) is 107 Å². The molecule has 8 nitrogen and oxygen atoms in total. The molecule has 0 saturated heterocycles. The van der Waals surface area contributed by atoms with E-state index in [1.165, 1.54) is 67.8 Å². The summed E-state index contributed by atoms with van der Waals surface area (Å²) in [5.41, 5.74) is 2.54. The summed E-state index contributed by atoms with van der Waals surface area (Å²) in [7, 11) is -7.68. The van der Waals surface area contributed by atoms with Gasteiger partial charge in [0.1, 0.15) is 5.75 Å². The summed E-state index contributed by atoms with van der Waals surface area (Å²) in [6.07, 6.45) is 0. The number of amides is 1. The molecule has 0 bridgehead atoms. The van der Waals surface area contributed by atoms with Gasteiger partial charge in [-0.05, 0) is 86.6 Å². The summed E-state index contributed by atoms with van der Waals surface area (Å²) in [5.74, 6) is 0.0679. The van der Waals surface area contributed by atoms with Crippen LogP contribution in [0.5, 0.6) is 5.75 Å². The SMILES string of the molecule is COc1ccc(S(=O)(=O)N(c2ccc(NC(=O)c3ccc(C)cc3)cc2)S(=O)(=O)c2ccc(C)cc2)cc1. The van der Waals surface area contributed by atoms with Crippen LogP contribution in [0.4, 0.5) is 11.4 Å². The Bertz CT molecular complexity index is 1650. The molecule has 0 atom stereocenters. The number of nitrogens with zero attached hydrogens (tertiary/aromatic N) is 1. The highest BCUT2D eigenvalue weighted by Crippen LogP contribution is 2.32. The average molecular weight is 551 g/mol. The summed E-state index contributed by atoms with van der Waals surface area (Å²) in [6.45, 7) is 3.71. The van der Waals surface area contributed by atoms with Crippen molar-refractivity contribution in [2.75, 3.05) is 16.1 Å². The lowest BCUT2D eigenvalue weighted by Crippen LogP contribution is -2.37. The molecule has 4 rings (SSSR count). The highest BCUT2D eigenvalue weighted by atomic mass is 32.3. The molecule has 4 aromatic carbocycles. The summed E-state index contributed by atoms with van der Waals surface area (Å²) < 4.78 is 60.4. The summed E-state index contributed by atoms with van der Waals surface area (Å²) >= 11 is 0. The van der Waals surface area contributed by atoms with Crippen molar-refractivity contribution in [3.05, 3.63) is 114 Å². The molecule has 10 heteroatoms. The lowest BCUT2D eigenvalue weighted by molar-refractivity contribution is 0.102. The average Bonchev–Trinajstić information content (AvgIpc) is 2.90. The van der Waals surface area contributed by atoms with Crippen molar-refractivity contribution in [2.45, 2.75) is 23.6 Å². The van der Waals surface area contributed by atoms with Gasteiger partial charge < -0.3 is 10.1 Å². The fourth-order valence-electron chi connectivity index (χ4n) is 3.63. The zero-order valence-corrected chi connectivity index (χ0v) is 22.6. The van der Waals surface area contributed by atoms with Crippen molar-refractivity contribution in [2.24, 2.45) is 0 Å². The first-order valence-electron chi connectivity index (χ1n) is 11.5. The topological polar surface area (TPSA) is 110 Å². The third kappa shape index (κ3) is 5.56. The van der Waals surface area contributed by atoms with Gasteiger partial charge in [0, 0.05) is 11.3 Å². The Balaban J connectivity index is 1.74. The van der Waals surface area contributed by atoms with Gasteiger partial charge in [-0.1, -0.05) is 35.4 Å². The molecule has 0 fully saturated rings. The Kier molecular flexibility index (Phi) is 7.56. The predicted octanol–water partition coefficient (Wildman–Crippen LogP) is 5.15. The first kappa shape index (κ1) is 26.9. The maximum absolute atomic E-state index is 13.7. The molecule has 0 aliphatic rings. The number of anilines is 2. The number of ether oxygens (including phenoxy) is 1. The van der Waals surface area contributed by atoms with E-state index in [0.717, 1.165) is 11.1 Å². The zero-order valence-electron chi connectivity index (χ0n) is 21.0. The first-order valence-corrected chi connectivity index (χ1v) is 14.4. The van der Waals surface area contributed by atoms with Crippen LogP contribution in [0.3, 0.4) is 0 Å². The van der Waals surface area contributed by atoms with E-state index in [-0.39, 0.29) is 21.4 Å². The molecule has 0 spiro atoms. The molecule has 0 saturated carbocycles. The van der Waals surface area contributed by atoms with E-state index >= 15 is 0 Å². The van der Waals surface area contributed by atoms with Gasteiger partial charge in [0.2, 0.25) is 0 Å². The Morgan fingerprint density at radius 3 is 1.58 bits per heavy atom. The van der Waals surface area contributed by atoms with Crippen LogP contribution in [0, 0.1) is 13.8 Å². The molecule has 4 aromatic rings. The number of carbonyl (C=O) groups excluding carboxylic acids is 1. The number of hydrogen-bond acceptors (Lipinski definition) is 6. The maximum atomic E-state index is 13.7. The molecule has 38 heavy (non-hydrogen) atoms. The van der Waals surface area contributed by atoms with E-state index in [1.54, 1.807) is 31.2 Å². The first-order chi connectivity index (χ1) is 18.0. The largest absolute Gasteiger partial charge is 0.497 e. The van der Waals surface area contributed by atoms with Crippen LogP contribution in [-0.2, 0) is 20.0 Å². The minimum atomic E-state index is -4.58. The summed E-state index contributed by atoms with van der Waals surface area (Å²) in [4.78, 5) is 12.2. The lowest BCUT2D eigenvalue weighted by Gasteiger charge is -2.24. The second kappa shape index (κ2) is 10.7. The molecule has 0 unspecified atom stereocenters. The number of benzene rings is 4. The molecule has 1 N–H and O–H groups in total. The standard InChI is InChI=1S/C28H26N2O6S2/c1-20-4-8-22(9-5-20)28(31)29-23-10-12-24(13-11-23)30(37(32,33)26-16-6-21(2)7-17-26)38(34,35)27-18-14-25(36-3)15-19-27/h4-19H,1-3H3,(H,29,31). The van der Waals surface area contributed by atoms with Crippen molar-refractivity contribution in [1.82, 2.24) is 0 Å². The highest BCUT2D eigenvalue weighted by molar-refractivity contribution is 8.10. The van der Waals surface area contributed by atoms with Crippen molar-refractivity contribution < 1.29 is 26.4 Å². The Morgan fingerprint density at radius 1 is 0.658 bits per heavy atom. The molecule has 0 radical (unpaired) electrons. The summed E-state index contributed by atoms with van der Waals surface area (Å²) in [5, 5.41) is 2.73. The predicted molar refractivity (Wildman–Crippen MR) is 147 cm³/mol. The van der Waals surface area contributed by atoms with Crippen molar-refractivity contribution in [1.29, 1.82) is 0 Å². The van der Waals surface area contributed by atoms with Crippen LogP contribution in [0.25, 0.3) is 0 Å². The number of rotatable bonds is 8. The second-order valence-corrected chi connectivity index (χ2v) is 12.4. The summed E-state index contributed by atoms with van der Waals surface area (Å²) in [6, 6.07) is 23.9. The third-order valence-corrected chi connectivity index (χ3v) is 9.97. The molecule has 0 aromatic heterocycles. The molecule has 1 amide bonds. The van der Waals surface area contributed by atoms with E-state index in [1.807, 2.05) is 19.1 Å². The third-order valence-electron chi connectivity index (χ3n) is 5.76. The maximum Gasteiger partial charge on any atom is 0.277 e. The number of nitrogens with one attached hydrogen (secondary N) is 1. The lowest BCUT2D eigenvalue weighted by atomic mass is 10.1. The quantitative estimate of drug-likeness (QED) is 0.325. The van der Waals surface area contributed by atoms with Gasteiger partial charge in [-0.25, -0.2) is 16.8 Å². The number of carbonyl (C=O) groups is 1. The van der Waals surface area contributed by atoms with Crippen molar-refractivity contribution in [3.8, 4) is 5.75 Å². The minimum absolute atomic E-state index is 0.116. The highest BCUT2D eigenvalue weighted by Gasteiger charge is 2.37.